The first-order valence-corrected chi connectivity index (χ1v) is 8.72. The van der Waals surface area contributed by atoms with Gasteiger partial charge in [0.15, 0.2) is 0 Å². The van der Waals surface area contributed by atoms with Crippen molar-refractivity contribution in [3.05, 3.63) is 96.4 Å². The SMILES string of the molecule is N#Cc1c2c(nn(-c3cccc(Cl)c3)c1=O)C(O)=C([N+](=O)[O-])C(c1ccoc1)C2. The lowest BCUT2D eigenvalue weighted by atomic mass is 9.83. The number of nitro groups is 1. The minimum Gasteiger partial charge on any atom is -0.501 e. The van der Waals surface area contributed by atoms with Crippen LogP contribution < -0.4 is 5.56 Å². The molecule has 1 atom stereocenters. The fourth-order valence-electron chi connectivity index (χ4n) is 3.40. The third kappa shape index (κ3) is 2.96. The first-order chi connectivity index (χ1) is 13.9. The molecule has 3 aromatic rings. The summed E-state index contributed by atoms with van der Waals surface area (Å²) in [6.07, 6.45) is 2.61. The van der Waals surface area contributed by atoms with Crippen molar-refractivity contribution in [1.29, 1.82) is 5.26 Å². The van der Waals surface area contributed by atoms with Crippen molar-refractivity contribution in [1.82, 2.24) is 9.78 Å². The molecule has 0 spiro atoms. The van der Waals surface area contributed by atoms with E-state index in [4.69, 9.17) is 16.0 Å². The number of benzene rings is 1. The van der Waals surface area contributed by atoms with Crippen LogP contribution in [0.4, 0.5) is 0 Å². The molecule has 4 rings (SSSR count). The highest BCUT2D eigenvalue weighted by Crippen LogP contribution is 2.39. The average molecular weight is 411 g/mol. The van der Waals surface area contributed by atoms with Gasteiger partial charge < -0.3 is 9.52 Å². The van der Waals surface area contributed by atoms with Crippen LogP contribution in [-0.2, 0) is 6.42 Å². The number of nitrogens with zero attached hydrogens (tertiary/aromatic N) is 4. The fraction of sp³-hybridized carbons (Fsp3) is 0.105. The van der Waals surface area contributed by atoms with Gasteiger partial charge in [-0.25, -0.2) is 0 Å². The molecular weight excluding hydrogens is 400 g/mol. The number of allylic oxidation sites excluding steroid dienone is 1. The van der Waals surface area contributed by atoms with Gasteiger partial charge in [-0.3, -0.25) is 14.9 Å². The molecule has 0 bridgehead atoms. The van der Waals surface area contributed by atoms with Crippen molar-refractivity contribution in [3.8, 4) is 11.8 Å². The van der Waals surface area contributed by atoms with Crippen molar-refractivity contribution in [2.45, 2.75) is 12.3 Å². The second kappa shape index (κ2) is 6.92. The standard InChI is InChI=1S/C19H11ClN4O5/c20-11-2-1-3-12(6-11)23-19(26)15(8-21)14-7-13(10-4-5-29-9-10)17(24(27)28)18(25)16(14)22-23/h1-6,9,13,25H,7H2. The van der Waals surface area contributed by atoms with Crippen LogP contribution in [0.2, 0.25) is 5.02 Å². The number of aliphatic hydroxyl groups excluding tert-OH is 1. The molecule has 144 valence electrons. The number of rotatable bonds is 3. The van der Waals surface area contributed by atoms with Gasteiger partial charge in [0.1, 0.15) is 17.3 Å². The van der Waals surface area contributed by atoms with E-state index >= 15 is 0 Å². The summed E-state index contributed by atoms with van der Waals surface area (Å²) in [6.45, 7) is 0. The van der Waals surface area contributed by atoms with E-state index in [0.717, 1.165) is 4.68 Å². The third-order valence-electron chi connectivity index (χ3n) is 4.71. The maximum absolute atomic E-state index is 12.9. The van der Waals surface area contributed by atoms with Crippen LogP contribution >= 0.6 is 11.6 Å². The predicted octanol–water partition coefficient (Wildman–Crippen LogP) is 3.19. The summed E-state index contributed by atoms with van der Waals surface area (Å²) in [6, 6.07) is 9.55. The Morgan fingerprint density at radius 1 is 1.41 bits per heavy atom. The largest absolute Gasteiger partial charge is 0.501 e. The van der Waals surface area contributed by atoms with Gasteiger partial charge in [0.25, 0.3) is 11.3 Å². The number of hydrogen-bond donors (Lipinski definition) is 1. The topological polar surface area (TPSA) is 135 Å². The van der Waals surface area contributed by atoms with Crippen LogP contribution in [0.3, 0.4) is 0 Å². The molecule has 10 heteroatoms. The van der Waals surface area contributed by atoms with Gasteiger partial charge >= 0.3 is 0 Å². The Morgan fingerprint density at radius 2 is 2.21 bits per heavy atom. The molecule has 1 aliphatic rings. The Balaban J connectivity index is 2.02. The molecule has 1 N–H and O–H groups in total. The van der Waals surface area contributed by atoms with Crippen LogP contribution in [0.1, 0.15) is 28.3 Å². The number of hydrogen-bond acceptors (Lipinski definition) is 7. The van der Waals surface area contributed by atoms with Gasteiger partial charge in [-0.15, -0.1) is 0 Å². The summed E-state index contributed by atoms with van der Waals surface area (Å²) in [4.78, 5) is 23.9. The molecule has 2 aromatic heterocycles. The number of fused-ring (bicyclic) bond motifs is 1. The summed E-state index contributed by atoms with van der Waals surface area (Å²) in [5.41, 5.74) is -0.788. The minimum absolute atomic E-state index is 0.0588. The number of halogens is 1. The lowest BCUT2D eigenvalue weighted by Gasteiger charge is -2.22. The van der Waals surface area contributed by atoms with Crippen LogP contribution in [0.5, 0.6) is 0 Å². The average Bonchev–Trinajstić information content (AvgIpc) is 3.22. The zero-order valence-corrected chi connectivity index (χ0v) is 15.3. The Kier molecular flexibility index (Phi) is 4.41. The second-order valence-electron chi connectivity index (χ2n) is 6.32. The maximum atomic E-state index is 12.9. The lowest BCUT2D eigenvalue weighted by Crippen LogP contribution is -2.31. The fourth-order valence-corrected chi connectivity index (χ4v) is 3.58. The quantitative estimate of drug-likeness (QED) is 0.517. The van der Waals surface area contributed by atoms with Gasteiger partial charge in [0.05, 0.1) is 29.1 Å². The number of aliphatic hydroxyl groups is 1. The zero-order valence-electron chi connectivity index (χ0n) is 14.6. The summed E-state index contributed by atoms with van der Waals surface area (Å²) in [7, 11) is 0. The maximum Gasteiger partial charge on any atom is 0.297 e. The molecule has 1 unspecified atom stereocenters. The van der Waals surface area contributed by atoms with Gasteiger partial charge in [-0.1, -0.05) is 17.7 Å². The molecule has 0 aliphatic heterocycles. The van der Waals surface area contributed by atoms with E-state index in [-0.39, 0.29) is 28.9 Å². The number of furan rings is 1. The van der Waals surface area contributed by atoms with Crippen LogP contribution in [-0.4, -0.2) is 19.8 Å². The van der Waals surface area contributed by atoms with E-state index in [9.17, 15) is 25.3 Å². The Bertz CT molecular complexity index is 1270. The first kappa shape index (κ1) is 18.5. The van der Waals surface area contributed by atoms with Gasteiger partial charge in [-0.2, -0.15) is 15.0 Å². The summed E-state index contributed by atoms with van der Waals surface area (Å²) >= 11 is 5.97. The van der Waals surface area contributed by atoms with Crippen molar-refractivity contribution in [3.63, 3.8) is 0 Å². The highest BCUT2D eigenvalue weighted by molar-refractivity contribution is 6.30. The first-order valence-electron chi connectivity index (χ1n) is 8.34. The molecule has 1 aliphatic carbocycles. The van der Waals surface area contributed by atoms with E-state index in [1.807, 2.05) is 6.07 Å². The van der Waals surface area contributed by atoms with E-state index in [1.54, 1.807) is 18.2 Å². The summed E-state index contributed by atoms with van der Waals surface area (Å²) in [5.74, 6) is -1.60. The highest BCUT2D eigenvalue weighted by Gasteiger charge is 2.40. The zero-order chi connectivity index (χ0) is 20.7. The predicted molar refractivity (Wildman–Crippen MR) is 101 cm³/mol. The Morgan fingerprint density at radius 3 is 2.83 bits per heavy atom. The summed E-state index contributed by atoms with van der Waals surface area (Å²) < 4.78 is 5.90. The molecule has 0 amide bonds. The van der Waals surface area contributed by atoms with E-state index in [0.29, 0.717) is 10.6 Å². The molecular formula is C19H11ClN4O5. The van der Waals surface area contributed by atoms with Crippen LogP contribution in [0, 0.1) is 21.4 Å². The molecule has 2 heterocycles. The molecule has 9 nitrogen and oxygen atoms in total. The lowest BCUT2D eigenvalue weighted by molar-refractivity contribution is -0.430. The van der Waals surface area contributed by atoms with Crippen molar-refractivity contribution < 1.29 is 14.4 Å². The minimum atomic E-state index is -0.897. The van der Waals surface area contributed by atoms with Crippen LogP contribution in [0.25, 0.3) is 11.4 Å². The van der Waals surface area contributed by atoms with Crippen molar-refractivity contribution >= 4 is 17.4 Å². The molecule has 0 fully saturated rings. The van der Waals surface area contributed by atoms with Gasteiger partial charge in [0.2, 0.25) is 5.76 Å². The second-order valence-corrected chi connectivity index (χ2v) is 6.75. The van der Waals surface area contributed by atoms with Crippen molar-refractivity contribution in [2.24, 2.45) is 0 Å². The van der Waals surface area contributed by atoms with E-state index in [1.165, 1.54) is 24.7 Å². The molecule has 1 aromatic carbocycles. The van der Waals surface area contributed by atoms with Crippen LogP contribution in [0.15, 0.2) is 57.8 Å². The molecule has 0 saturated carbocycles. The number of nitriles is 1. The summed E-state index contributed by atoms with van der Waals surface area (Å²) in [5, 5.41) is 36.4. The molecule has 0 saturated heterocycles. The highest BCUT2D eigenvalue weighted by atomic mass is 35.5. The van der Waals surface area contributed by atoms with E-state index < -0.39 is 27.9 Å². The smallest absolute Gasteiger partial charge is 0.297 e. The number of aromatic nitrogens is 2. The van der Waals surface area contributed by atoms with Gasteiger partial charge in [-0.05, 0) is 30.7 Å². The Hall–Kier alpha value is -3.90. The molecule has 29 heavy (non-hydrogen) atoms. The molecule has 0 radical (unpaired) electrons. The third-order valence-corrected chi connectivity index (χ3v) is 4.94. The van der Waals surface area contributed by atoms with Crippen molar-refractivity contribution in [2.75, 3.05) is 0 Å². The van der Waals surface area contributed by atoms with E-state index in [2.05, 4.69) is 5.10 Å². The Labute approximate surface area is 167 Å². The van der Waals surface area contributed by atoms with Gasteiger partial charge in [0, 0.05) is 16.1 Å². The monoisotopic (exact) mass is 410 g/mol. The normalized spacial score (nSPS) is 15.7.